The Kier molecular flexibility index (Phi) is 10.4. The summed E-state index contributed by atoms with van der Waals surface area (Å²) in [5, 5.41) is 24.7. The topological polar surface area (TPSA) is 126 Å². The second-order valence-electron chi connectivity index (χ2n) is 14.5. The van der Waals surface area contributed by atoms with Crippen molar-refractivity contribution in [3.05, 3.63) is 89.2 Å². The number of ether oxygens (including phenoxy) is 1. The number of urea groups is 1. The highest BCUT2D eigenvalue weighted by atomic mass is 19.1. The van der Waals surface area contributed by atoms with E-state index in [9.17, 15) is 29.0 Å². The van der Waals surface area contributed by atoms with Gasteiger partial charge in [-0.2, -0.15) is 0 Å². The van der Waals surface area contributed by atoms with Gasteiger partial charge in [-0.25, -0.2) is 9.18 Å². The van der Waals surface area contributed by atoms with E-state index >= 15 is 0 Å². The third-order valence-corrected chi connectivity index (χ3v) is 11.5. The minimum atomic E-state index is -0.868. The van der Waals surface area contributed by atoms with Crippen LogP contribution in [0, 0.1) is 11.7 Å². The van der Waals surface area contributed by atoms with E-state index in [0.29, 0.717) is 68.3 Å². The number of phenols is 1. The minimum absolute atomic E-state index is 0.00357. The third kappa shape index (κ3) is 7.43. The van der Waals surface area contributed by atoms with Crippen molar-refractivity contribution < 1.29 is 38.2 Å². The van der Waals surface area contributed by atoms with Gasteiger partial charge in [0.1, 0.15) is 17.3 Å². The van der Waals surface area contributed by atoms with E-state index in [4.69, 9.17) is 4.74 Å². The van der Waals surface area contributed by atoms with Crippen LogP contribution in [0.25, 0.3) is 0 Å². The second-order valence-corrected chi connectivity index (χ2v) is 14.5. The Hall–Kier alpha value is -4.72. The molecule has 5 aliphatic rings. The van der Waals surface area contributed by atoms with Gasteiger partial charge in [0.25, 0.3) is 5.91 Å². The normalized spacial score (nSPS) is 24.7. The molecule has 12 nitrogen and oxygen atoms in total. The van der Waals surface area contributed by atoms with Crippen LogP contribution in [0.15, 0.2) is 66.7 Å². The number of hydrogen-bond acceptors (Lipinski definition) is 7. The zero-order chi connectivity index (χ0) is 36.4. The maximum Gasteiger partial charge on any atom is 0.317 e. The van der Waals surface area contributed by atoms with Crippen molar-refractivity contribution in [1.29, 1.82) is 0 Å². The summed E-state index contributed by atoms with van der Waals surface area (Å²) in [5.41, 5.74) is 2.65. The first kappa shape index (κ1) is 35.7. The van der Waals surface area contributed by atoms with Gasteiger partial charge in [-0.15, -0.1) is 0 Å². The zero-order valence-corrected chi connectivity index (χ0v) is 29.6. The van der Waals surface area contributed by atoms with Gasteiger partial charge in [0.15, 0.2) is 6.54 Å². The molecule has 3 aromatic rings. The first-order chi connectivity index (χ1) is 25.1. The largest absolute Gasteiger partial charge is 0.507 e. The number of piperazine rings is 4. The fourth-order valence-electron chi connectivity index (χ4n) is 8.14. The number of methoxy groups -OCH3 is 1. The van der Waals surface area contributed by atoms with Gasteiger partial charge in [0.2, 0.25) is 5.91 Å². The van der Waals surface area contributed by atoms with Gasteiger partial charge >= 0.3 is 6.03 Å². The summed E-state index contributed by atoms with van der Waals surface area (Å²) in [5.74, 6) is -0.335. The fraction of sp³-hybridized carbons (Fsp3) is 0.462. The summed E-state index contributed by atoms with van der Waals surface area (Å²) in [4.78, 5) is 47.6. The minimum Gasteiger partial charge on any atom is -0.507 e. The number of halogens is 1. The summed E-state index contributed by atoms with van der Waals surface area (Å²) >= 11 is 0. The predicted octanol–water partition coefficient (Wildman–Crippen LogP) is 3.26. The quantitative estimate of drug-likeness (QED) is 0.206. The lowest BCUT2D eigenvalue weighted by Crippen LogP contribution is -2.69. The zero-order valence-electron chi connectivity index (χ0n) is 29.6. The molecule has 52 heavy (non-hydrogen) atoms. The van der Waals surface area contributed by atoms with Crippen LogP contribution in [0.3, 0.4) is 0 Å². The van der Waals surface area contributed by atoms with Crippen LogP contribution in [0.5, 0.6) is 11.5 Å². The number of rotatable bonds is 11. The fourth-order valence-corrected chi connectivity index (χ4v) is 8.14. The smallest absolute Gasteiger partial charge is 0.317 e. The molecule has 0 aliphatic carbocycles. The molecule has 3 aromatic carbocycles. The average molecular weight is 716 g/mol. The van der Waals surface area contributed by atoms with Crippen LogP contribution in [0.4, 0.5) is 14.9 Å². The lowest BCUT2D eigenvalue weighted by molar-refractivity contribution is -0.934. The number of aliphatic hydroxyl groups is 1. The standard InChI is InChI=1S/C39H47FN6O6/c1-52-31-10-11-32(35(48)24-31)37-33(12-13-34(47)28-4-6-29(40)7-5-28)38(50)45(37)30-8-2-27(3-9-30)25-41-39(51)44-16-14-43(15-17-44)36(49)26-46-21-18-42(19-22-46)20-23-46/h2-11,24,33-34,37,47H,12-23,25-26H2,1H3,(H-,41,48,51)/p+1. The van der Waals surface area contributed by atoms with Crippen molar-refractivity contribution >= 4 is 23.5 Å². The maximum atomic E-state index is 13.6. The Morgan fingerprint density at radius 3 is 2.21 bits per heavy atom. The molecule has 5 aliphatic heterocycles. The molecule has 3 unspecified atom stereocenters. The number of amides is 4. The maximum absolute atomic E-state index is 13.6. The van der Waals surface area contributed by atoms with Crippen LogP contribution in [0.2, 0.25) is 0 Å². The van der Waals surface area contributed by atoms with Crippen LogP contribution >= 0.6 is 0 Å². The molecule has 276 valence electrons. The number of benzene rings is 3. The first-order valence-electron chi connectivity index (χ1n) is 18.2. The van der Waals surface area contributed by atoms with E-state index in [1.54, 1.807) is 21.9 Å². The highest BCUT2D eigenvalue weighted by Crippen LogP contribution is 2.49. The van der Waals surface area contributed by atoms with Gasteiger partial charge in [-0.1, -0.05) is 24.3 Å². The second kappa shape index (κ2) is 15.1. The number of quaternary nitrogens is 1. The highest BCUT2D eigenvalue weighted by molar-refractivity contribution is 6.03. The van der Waals surface area contributed by atoms with E-state index in [0.717, 1.165) is 49.3 Å². The van der Waals surface area contributed by atoms with Gasteiger partial charge in [-0.05, 0) is 60.4 Å². The van der Waals surface area contributed by atoms with Crippen LogP contribution < -0.4 is 15.0 Å². The molecule has 5 heterocycles. The number of anilines is 1. The van der Waals surface area contributed by atoms with E-state index < -0.39 is 18.1 Å². The summed E-state index contributed by atoms with van der Waals surface area (Å²) in [6.07, 6.45) is -0.228. The number of aromatic hydroxyl groups is 1. The van der Waals surface area contributed by atoms with Crippen molar-refractivity contribution in [2.24, 2.45) is 5.92 Å². The Morgan fingerprint density at radius 2 is 1.58 bits per heavy atom. The van der Waals surface area contributed by atoms with E-state index in [1.165, 1.54) is 37.4 Å². The monoisotopic (exact) mass is 715 g/mol. The third-order valence-electron chi connectivity index (χ3n) is 11.5. The van der Waals surface area contributed by atoms with Gasteiger partial charge in [-0.3, -0.25) is 14.5 Å². The van der Waals surface area contributed by atoms with Crippen LogP contribution in [0.1, 0.15) is 41.7 Å². The van der Waals surface area contributed by atoms with Crippen molar-refractivity contribution in [3.8, 4) is 11.5 Å². The van der Waals surface area contributed by atoms with Gasteiger partial charge in [0, 0.05) is 69.7 Å². The Bertz CT molecular complexity index is 1740. The van der Waals surface area contributed by atoms with Gasteiger partial charge in [0.05, 0.1) is 44.8 Å². The average Bonchev–Trinajstić information content (AvgIpc) is 3.17. The number of aliphatic hydroxyl groups excluding tert-OH is 1. The molecule has 2 bridgehead atoms. The number of nitrogens with zero attached hydrogens (tertiary/aromatic N) is 5. The number of phenolic OH excluding ortho intramolecular Hbond substituents is 1. The Balaban J connectivity index is 0.941. The summed E-state index contributed by atoms with van der Waals surface area (Å²) < 4.78 is 19.6. The lowest BCUT2D eigenvalue weighted by atomic mass is 9.78. The lowest BCUT2D eigenvalue weighted by Gasteiger charge is -2.50. The SMILES string of the molecule is COc1ccc(C2C(CCC(O)c3ccc(F)cc3)C(=O)N2c2ccc(CNC(=O)N3CCN(C(=O)C[N+]45CCN(CC4)CC5)CC3)cc2)c(O)c1. The number of nitrogens with one attached hydrogen (secondary N) is 1. The molecule has 5 fully saturated rings. The van der Waals surface area contributed by atoms with Crippen molar-refractivity contribution in [3.63, 3.8) is 0 Å². The van der Waals surface area contributed by atoms with E-state index in [1.807, 2.05) is 29.2 Å². The molecule has 3 N–H and O–H groups in total. The van der Waals surface area contributed by atoms with Gasteiger partial charge < -0.3 is 39.4 Å². The summed E-state index contributed by atoms with van der Waals surface area (Å²) in [6.45, 7) is 9.26. The highest BCUT2D eigenvalue weighted by Gasteiger charge is 2.49. The molecule has 4 amide bonds. The molecular formula is C39H48FN6O6+. The summed E-state index contributed by atoms with van der Waals surface area (Å²) in [6, 6.07) is 17.4. The molecule has 0 saturated carbocycles. The van der Waals surface area contributed by atoms with E-state index in [-0.39, 0.29) is 35.8 Å². The molecule has 5 saturated heterocycles. The number of carbonyl (C=O) groups is 3. The number of fused-ring (bicyclic) bond motifs is 3. The first-order valence-corrected chi connectivity index (χ1v) is 18.2. The molecule has 8 rings (SSSR count). The molecular weight excluding hydrogens is 667 g/mol. The Morgan fingerprint density at radius 1 is 0.923 bits per heavy atom. The Labute approximate surface area is 303 Å². The molecule has 3 atom stereocenters. The van der Waals surface area contributed by atoms with Crippen molar-refractivity contribution in [1.82, 2.24) is 20.0 Å². The van der Waals surface area contributed by atoms with Crippen molar-refractivity contribution in [2.45, 2.75) is 31.5 Å². The number of hydrogen-bond donors (Lipinski definition) is 3. The molecule has 0 spiro atoms. The predicted molar refractivity (Wildman–Crippen MR) is 192 cm³/mol. The van der Waals surface area contributed by atoms with Crippen LogP contribution in [-0.4, -0.2) is 126 Å². The van der Waals surface area contributed by atoms with Crippen molar-refractivity contribution in [2.75, 3.05) is 84.0 Å². The summed E-state index contributed by atoms with van der Waals surface area (Å²) in [7, 11) is 1.51. The number of β-lactam (4-membered cyclic amide) rings is 1. The van der Waals surface area contributed by atoms with Crippen LogP contribution in [-0.2, 0) is 16.1 Å². The number of carbonyl (C=O) groups excluding carboxylic acids is 3. The van der Waals surface area contributed by atoms with E-state index in [2.05, 4.69) is 10.2 Å². The molecule has 0 aromatic heterocycles. The molecule has 13 heteroatoms. The molecule has 0 radical (unpaired) electrons.